The Labute approximate surface area is 496 Å². The first-order chi connectivity index (χ1) is 39.5. The number of H-pyrrole nitrogens is 2. The number of methoxy groups -OCH3 is 4. The first kappa shape index (κ1) is 61.2. The minimum atomic E-state index is -3.91. The third kappa shape index (κ3) is 12.3. The number of piperazine rings is 3. The number of rotatable bonds is 6. The van der Waals surface area contributed by atoms with Gasteiger partial charge in [-0.05, 0) is 72.8 Å². The molecule has 3 fully saturated rings. The second-order valence-electron chi connectivity index (χ2n) is 19.4. The molecule has 3 N–H and O–H groups in total. The zero-order chi connectivity index (χ0) is 59.7. The van der Waals surface area contributed by atoms with Gasteiger partial charge in [0.2, 0.25) is 30.1 Å². The van der Waals surface area contributed by atoms with Crippen molar-refractivity contribution in [3.8, 4) is 0 Å². The van der Waals surface area contributed by atoms with Crippen LogP contribution in [0, 0.1) is 0 Å². The summed E-state index contributed by atoms with van der Waals surface area (Å²) in [5, 5.41) is 22.9. The van der Waals surface area contributed by atoms with Gasteiger partial charge in [-0.25, -0.2) is 44.4 Å². The molecule has 3 aromatic heterocycles. The summed E-state index contributed by atoms with van der Waals surface area (Å²) in [5.41, 5.74) is 4.04. The number of benzene rings is 3. The summed E-state index contributed by atoms with van der Waals surface area (Å²) in [5.74, 6) is 0. The summed E-state index contributed by atoms with van der Waals surface area (Å²) < 4.78 is 104. The molecule has 2 amide bonds. The van der Waals surface area contributed by atoms with Crippen molar-refractivity contribution < 1.29 is 63.4 Å². The van der Waals surface area contributed by atoms with Crippen molar-refractivity contribution in [3.63, 3.8) is 0 Å². The molecule has 6 atom stereocenters. The van der Waals surface area contributed by atoms with E-state index in [0.717, 1.165) is 27.2 Å². The molecule has 3 saturated heterocycles. The molecule has 0 aliphatic carbocycles. The Kier molecular flexibility index (Phi) is 18.5. The standard InChI is InChI=1S/C18H19ClN4O6S.C16H17ClN4O4S.C14H15ClN4O2S.C2H3ClO2/c1-28-17(24)21-9-12-7-15-14(8-20-22(15)18(25)29-2)16(10-21)23(12)30(26,27)13-5-3-11(19)4-6-13;1-25-16(22)20-8-11-6-14-13(7-18-19-14)15(9-20)21(11)26(23,24)12-4-2-10(17)3-5-12;15-9-1-3-11(4-2-9)22(20,21)19-10-5-13-12(7-17-18-13)14(19)8-16-6-10;1-5-2(3)4/h3-6,8,12,16H,7,9-10H2,1-2H3;2-5,7,11,15H,6,8-9H2,1H3,(H,18,19);1-4,7,10,14,16H,5-6,8H2,(H,17,18);1H3. The fourth-order valence-electron chi connectivity index (χ4n) is 11.1. The molecule has 83 heavy (non-hydrogen) atoms. The van der Waals surface area contributed by atoms with Crippen molar-refractivity contribution in [1.82, 2.24) is 58.2 Å². The number of halogens is 4. The Bertz CT molecular complexity index is 3730. The van der Waals surface area contributed by atoms with Crippen LogP contribution in [0.4, 0.5) is 19.2 Å². The SMILES string of the molecule is COC(=O)Cl.COC(=O)N1CC2Cc3[nH]ncc3C(C1)N2S(=O)(=O)c1ccc(Cl)cc1.COC(=O)N1CC2Cc3c(cnn3C(=O)OC)C(C1)N2S(=O)(=O)c1ccc(Cl)cc1.O=S(=O)(c1ccc(Cl)cc1)N1C2CNCC1c1cn[nH]c1C2. The molecule has 9 heterocycles. The van der Waals surface area contributed by atoms with Crippen LogP contribution in [0.3, 0.4) is 0 Å². The maximum atomic E-state index is 13.5. The number of ether oxygens (including phenoxy) is 4. The quantitative estimate of drug-likeness (QED) is 0.127. The lowest BCUT2D eigenvalue weighted by Crippen LogP contribution is -2.60. The second-order valence-corrected chi connectivity index (χ2v) is 26.5. The molecule has 6 aliphatic heterocycles. The predicted molar refractivity (Wildman–Crippen MR) is 298 cm³/mol. The Morgan fingerprint density at radius 3 is 1.30 bits per heavy atom. The number of aromatic amines is 2. The molecule has 6 aromatic rings. The summed E-state index contributed by atoms with van der Waals surface area (Å²) in [6.07, 6.45) is 4.41. The van der Waals surface area contributed by atoms with E-state index in [1.54, 1.807) is 58.0 Å². The third-order valence-electron chi connectivity index (χ3n) is 14.7. The topological polar surface area (TPSA) is 311 Å². The highest BCUT2D eigenvalue weighted by atomic mass is 35.5. The van der Waals surface area contributed by atoms with Crippen LogP contribution in [0.15, 0.2) is 106 Å². The van der Waals surface area contributed by atoms with Gasteiger partial charge in [-0.3, -0.25) is 10.2 Å². The summed E-state index contributed by atoms with van der Waals surface area (Å²) >= 11 is 22.3. The maximum Gasteiger partial charge on any atom is 0.434 e. The van der Waals surface area contributed by atoms with Gasteiger partial charge in [-0.1, -0.05) is 34.8 Å². The molecule has 0 saturated carbocycles. The average molecular weight is 1290 g/mol. The number of hydrogen-bond acceptors (Lipinski definition) is 18. The van der Waals surface area contributed by atoms with Crippen molar-refractivity contribution in [3.05, 3.63) is 140 Å². The van der Waals surface area contributed by atoms with E-state index in [-0.39, 0.29) is 59.4 Å². The van der Waals surface area contributed by atoms with E-state index in [1.807, 2.05) is 0 Å². The number of carbonyl (C=O) groups is 4. The van der Waals surface area contributed by atoms with Gasteiger partial charge < -0.3 is 34.1 Å². The molecule has 444 valence electrons. The molecule has 0 radical (unpaired) electrons. The van der Waals surface area contributed by atoms with Crippen molar-refractivity contribution in [1.29, 1.82) is 0 Å². The molecule has 6 unspecified atom stereocenters. The number of nitrogens with one attached hydrogen (secondary N) is 3. The van der Waals surface area contributed by atoms with Gasteiger partial charge in [0.15, 0.2) is 0 Å². The molecular weight excluding hydrogens is 1230 g/mol. The Morgan fingerprint density at radius 2 is 0.880 bits per heavy atom. The summed E-state index contributed by atoms with van der Waals surface area (Å²) in [4.78, 5) is 49.1. The molecule has 6 aliphatic rings. The molecule has 12 rings (SSSR count). The van der Waals surface area contributed by atoms with Gasteiger partial charge in [0.25, 0.3) is 0 Å². The van der Waals surface area contributed by atoms with Crippen LogP contribution in [0.2, 0.25) is 15.1 Å². The van der Waals surface area contributed by atoms with Crippen LogP contribution in [-0.4, -0.2) is 188 Å². The van der Waals surface area contributed by atoms with Crippen LogP contribution in [0.1, 0.15) is 51.9 Å². The summed E-state index contributed by atoms with van der Waals surface area (Å²) in [6, 6.07) is 15.8. The minimum Gasteiger partial charge on any atom is -0.457 e. The van der Waals surface area contributed by atoms with E-state index in [2.05, 4.69) is 47.1 Å². The van der Waals surface area contributed by atoms with Crippen LogP contribution >= 0.6 is 46.4 Å². The summed E-state index contributed by atoms with van der Waals surface area (Å²) in [6.45, 7) is 1.88. The molecular formula is C50H54Cl4N12O14S3. The molecule has 26 nitrogen and oxygen atoms in total. The molecule has 3 aromatic carbocycles. The molecule has 6 bridgehead atoms. The van der Waals surface area contributed by atoms with Gasteiger partial charge in [0.1, 0.15) is 0 Å². The number of sulfonamides is 3. The van der Waals surface area contributed by atoms with E-state index in [4.69, 9.17) is 49.0 Å². The van der Waals surface area contributed by atoms with E-state index in [9.17, 15) is 44.4 Å². The lowest BCUT2D eigenvalue weighted by Gasteiger charge is -2.48. The number of aromatic nitrogens is 6. The Morgan fingerprint density at radius 1 is 0.494 bits per heavy atom. The number of amides is 2. The largest absolute Gasteiger partial charge is 0.457 e. The second kappa shape index (κ2) is 25.1. The van der Waals surface area contributed by atoms with Gasteiger partial charge in [-0.15, -0.1) is 0 Å². The first-order valence-corrected chi connectivity index (χ1v) is 31.0. The predicted octanol–water partition coefficient (Wildman–Crippen LogP) is 6.01. The zero-order valence-electron chi connectivity index (χ0n) is 44.5. The maximum absolute atomic E-state index is 13.5. The van der Waals surface area contributed by atoms with Gasteiger partial charge >= 0.3 is 23.7 Å². The number of nitrogens with zero attached hydrogens (tertiary/aromatic N) is 9. The monoisotopic (exact) mass is 1280 g/mol. The zero-order valence-corrected chi connectivity index (χ0v) is 49.9. The van der Waals surface area contributed by atoms with Gasteiger partial charge in [0.05, 0.1) is 85.5 Å². The molecule has 0 spiro atoms. The number of carbonyl (C=O) groups excluding carboxylic acids is 4. The van der Waals surface area contributed by atoms with Crippen LogP contribution < -0.4 is 5.32 Å². The Hall–Kier alpha value is -6.38. The van der Waals surface area contributed by atoms with Gasteiger partial charge in [-0.2, -0.15) is 32.9 Å². The fourth-order valence-corrected chi connectivity index (χ4v) is 16.8. The van der Waals surface area contributed by atoms with E-state index >= 15 is 0 Å². The van der Waals surface area contributed by atoms with Crippen molar-refractivity contribution in [2.24, 2.45) is 0 Å². The number of fused-ring (bicyclic) bond motifs is 12. The van der Waals surface area contributed by atoms with E-state index in [0.29, 0.717) is 52.3 Å². The third-order valence-corrected chi connectivity index (χ3v) is 21.5. The Balaban J connectivity index is 0.000000145. The highest BCUT2D eigenvalue weighted by Crippen LogP contribution is 2.44. The van der Waals surface area contributed by atoms with Crippen molar-refractivity contribution in [2.45, 2.75) is 70.2 Å². The van der Waals surface area contributed by atoms with Crippen molar-refractivity contribution >= 4 is 100 Å². The van der Waals surface area contributed by atoms with Crippen molar-refractivity contribution in [2.75, 3.05) is 67.7 Å². The lowest BCUT2D eigenvalue weighted by molar-refractivity contribution is 0.0577. The summed E-state index contributed by atoms with van der Waals surface area (Å²) in [7, 11) is -6.18. The normalized spacial score (nSPS) is 21.8. The highest BCUT2D eigenvalue weighted by molar-refractivity contribution is 7.89. The van der Waals surface area contributed by atoms with E-state index in [1.165, 1.54) is 84.5 Å². The van der Waals surface area contributed by atoms with Crippen LogP contribution in [0.25, 0.3) is 0 Å². The average Bonchev–Trinajstić information content (AvgIpc) is 4.10. The fraction of sp³-hybridized carbons (Fsp3) is 0.380. The lowest BCUT2D eigenvalue weighted by atomic mass is 9.92. The number of hydrogen-bond donors (Lipinski definition) is 3. The highest BCUT2D eigenvalue weighted by Gasteiger charge is 2.51. The minimum absolute atomic E-state index is 0.0653. The molecule has 33 heteroatoms. The van der Waals surface area contributed by atoms with Crippen LogP contribution in [-0.2, 0) is 68.3 Å². The van der Waals surface area contributed by atoms with E-state index < -0.39 is 77.9 Å². The van der Waals surface area contributed by atoms with Gasteiger partial charge in [0, 0.05) is 131 Å². The smallest absolute Gasteiger partial charge is 0.434 e. The van der Waals surface area contributed by atoms with Crippen LogP contribution in [0.5, 0.6) is 0 Å². The first-order valence-electron chi connectivity index (χ1n) is 25.2.